The van der Waals surface area contributed by atoms with Gasteiger partial charge in [-0.1, -0.05) is 72.8 Å². The first-order valence-corrected chi connectivity index (χ1v) is 14.6. The van der Waals surface area contributed by atoms with Crippen LogP contribution in [0.5, 0.6) is 0 Å². The van der Waals surface area contributed by atoms with E-state index in [-0.39, 0.29) is 0 Å². The fraction of sp³-hybridized carbons (Fsp3) is 0.314. The number of fused-ring (bicyclic) bond motifs is 3. The number of aromatic nitrogens is 1. The molecule has 4 aromatic carbocycles. The number of hydrogen-bond donors (Lipinski definition) is 3. The second kappa shape index (κ2) is 13.1. The summed E-state index contributed by atoms with van der Waals surface area (Å²) in [4.78, 5) is 0. The summed E-state index contributed by atoms with van der Waals surface area (Å²) in [5.41, 5.74) is 27.6. The number of rotatable bonds is 13. The van der Waals surface area contributed by atoms with Gasteiger partial charge in [-0.25, -0.2) is 0 Å². The summed E-state index contributed by atoms with van der Waals surface area (Å²) < 4.78 is 2.47. The Morgan fingerprint density at radius 1 is 0.436 bits per heavy atom. The van der Waals surface area contributed by atoms with Crippen molar-refractivity contribution < 1.29 is 0 Å². The van der Waals surface area contributed by atoms with E-state index >= 15 is 0 Å². The van der Waals surface area contributed by atoms with Gasteiger partial charge in [0.2, 0.25) is 0 Å². The number of aryl methyl sites for hydroxylation is 3. The summed E-state index contributed by atoms with van der Waals surface area (Å²) in [6, 6.07) is 31.9. The van der Waals surface area contributed by atoms with Crippen molar-refractivity contribution in [2.75, 3.05) is 19.6 Å². The lowest BCUT2D eigenvalue weighted by atomic mass is 9.99. The normalized spacial score (nSPS) is 11.6. The summed E-state index contributed by atoms with van der Waals surface area (Å²) in [5.74, 6) is 0. The second-order valence-corrected chi connectivity index (χ2v) is 10.6. The first-order valence-electron chi connectivity index (χ1n) is 14.6. The molecule has 202 valence electrons. The van der Waals surface area contributed by atoms with Gasteiger partial charge in [0.1, 0.15) is 0 Å². The van der Waals surface area contributed by atoms with Crippen molar-refractivity contribution in [3.63, 3.8) is 0 Å². The van der Waals surface area contributed by atoms with Crippen LogP contribution >= 0.6 is 0 Å². The molecule has 0 aliphatic carbocycles. The Balaban J connectivity index is 1.48. The van der Waals surface area contributed by atoms with Crippen molar-refractivity contribution in [3.8, 4) is 22.3 Å². The summed E-state index contributed by atoms with van der Waals surface area (Å²) in [7, 11) is 0. The first kappa shape index (κ1) is 27.1. The molecule has 0 saturated carbocycles. The monoisotopic (exact) mass is 518 g/mol. The number of hydrogen-bond acceptors (Lipinski definition) is 3. The zero-order valence-corrected chi connectivity index (χ0v) is 23.0. The molecule has 0 amide bonds. The van der Waals surface area contributed by atoms with E-state index in [1.807, 2.05) is 0 Å². The average molecular weight is 519 g/mol. The molecule has 0 fully saturated rings. The molecular formula is C35H42N4. The van der Waals surface area contributed by atoms with Crippen LogP contribution in [-0.2, 0) is 19.4 Å². The Bertz CT molecular complexity index is 1390. The van der Waals surface area contributed by atoms with Crippen molar-refractivity contribution in [1.82, 2.24) is 4.57 Å². The molecule has 0 bridgehead atoms. The zero-order chi connectivity index (χ0) is 27.0. The second-order valence-electron chi connectivity index (χ2n) is 10.6. The van der Waals surface area contributed by atoms with E-state index in [0.29, 0.717) is 6.54 Å². The van der Waals surface area contributed by atoms with Crippen LogP contribution in [0.4, 0.5) is 0 Å². The maximum absolute atomic E-state index is 5.96. The number of unbranched alkanes of at least 4 members (excludes halogenated alkanes) is 2. The van der Waals surface area contributed by atoms with Gasteiger partial charge in [0.05, 0.1) is 0 Å². The van der Waals surface area contributed by atoms with Gasteiger partial charge in [-0.15, -0.1) is 0 Å². The predicted octanol–water partition coefficient (Wildman–Crippen LogP) is 7.04. The van der Waals surface area contributed by atoms with E-state index in [9.17, 15) is 0 Å². The molecule has 5 aromatic rings. The average Bonchev–Trinajstić information content (AvgIpc) is 3.29. The molecule has 0 saturated heterocycles. The number of nitrogens with zero attached hydrogens (tertiary/aromatic N) is 1. The van der Waals surface area contributed by atoms with Crippen molar-refractivity contribution in [2.24, 2.45) is 17.2 Å². The van der Waals surface area contributed by atoms with E-state index in [0.717, 1.165) is 64.6 Å². The summed E-state index contributed by atoms with van der Waals surface area (Å²) in [5, 5.41) is 2.59. The van der Waals surface area contributed by atoms with E-state index in [1.165, 1.54) is 55.2 Å². The molecule has 4 nitrogen and oxygen atoms in total. The van der Waals surface area contributed by atoms with E-state index in [2.05, 4.69) is 89.5 Å². The maximum Gasteiger partial charge on any atom is 0.0497 e. The zero-order valence-electron chi connectivity index (χ0n) is 23.0. The van der Waals surface area contributed by atoms with Gasteiger partial charge in [-0.05, 0) is 110 Å². The van der Waals surface area contributed by atoms with E-state index in [1.54, 1.807) is 0 Å². The standard InChI is InChI=1S/C35H42N4/c36-20-3-1-6-26-8-12-28(13-9-26)30-16-18-32-33-19-17-31(25-35(33)39(23-5-22-38)34(32)24-30)29-14-10-27(11-15-29)7-2-4-21-37/h8-19,24-25H,1-7,20-23,36-38H2. The highest BCUT2D eigenvalue weighted by molar-refractivity contribution is 6.10. The summed E-state index contributed by atoms with van der Waals surface area (Å²) >= 11 is 0. The lowest BCUT2D eigenvalue weighted by molar-refractivity contribution is 0.687. The van der Waals surface area contributed by atoms with Gasteiger partial charge in [0.15, 0.2) is 0 Å². The van der Waals surface area contributed by atoms with Gasteiger partial charge in [0, 0.05) is 28.4 Å². The van der Waals surface area contributed by atoms with Crippen LogP contribution in [0.2, 0.25) is 0 Å². The first-order chi connectivity index (χ1) is 19.2. The predicted molar refractivity (Wildman–Crippen MR) is 168 cm³/mol. The SMILES string of the molecule is NCCCCc1ccc(-c2ccc3c4ccc(-c5ccc(CCCCN)cc5)cc4n(CCCN)c3c2)cc1. The molecule has 0 aliphatic rings. The van der Waals surface area contributed by atoms with E-state index < -0.39 is 0 Å². The largest absolute Gasteiger partial charge is 0.340 e. The van der Waals surface area contributed by atoms with Crippen molar-refractivity contribution in [1.29, 1.82) is 0 Å². The molecule has 0 spiro atoms. The molecule has 4 heteroatoms. The minimum absolute atomic E-state index is 0.678. The third kappa shape index (κ3) is 6.25. The maximum atomic E-state index is 5.96. The van der Waals surface area contributed by atoms with E-state index in [4.69, 9.17) is 17.2 Å². The summed E-state index contributed by atoms with van der Waals surface area (Å²) in [6.45, 7) is 3.11. The molecule has 6 N–H and O–H groups in total. The van der Waals surface area contributed by atoms with Gasteiger partial charge < -0.3 is 21.8 Å². The molecular weight excluding hydrogens is 476 g/mol. The van der Waals surface area contributed by atoms with Gasteiger partial charge in [-0.2, -0.15) is 0 Å². The summed E-state index contributed by atoms with van der Waals surface area (Å²) in [6.07, 6.45) is 7.56. The van der Waals surface area contributed by atoms with Crippen LogP contribution in [0.15, 0.2) is 84.9 Å². The molecule has 0 unspecified atom stereocenters. The highest BCUT2D eigenvalue weighted by atomic mass is 15.0. The van der Waals surface area contributed by atoms with Crippen LogP contribution in [0.25, 0.3) is 44.1 Å². The van der Waals surface area contributed by atoms with Gasteiger partial charge in [-0.3, -0.25) is 0 Å². The van der Waals surface area contributed by atoms with Crippen LogP contribution in [0, 0.1) is 0 Å². The Morgan fingerprint density at radius 3 is 1.26 bits per heavy atom. The lowest BCUT2D eigenvalue weighted by Gasteiger charge is -2.10. The highest BCUT2D eigenvalue weighted by Crippen LogP contribution is 2.35. The molecule has 1 heterocycles. The number of nitrogens with two attached hydrogens (primary N) is 3. The molecule has 5 rings (SSSR count). The Labute approximate surface area is 232 Å². The molecule has 39 heavy (non-hydrogen) atoms. The van der Waals surface area contributed by atoms with Crippen molar-refractivity contribution in [3.05, 3.63) is 96.1 Å². The van der Waals surface area contributed by atoms with Crippen molar-refractivity contribution >= 4 is 21.8 Å². The fourth-order valence-electron chi connectivity index (χ4n) is 5.62. The highest BCUT2D eigenvalue weighted by Gasteiger charge is 2.13. The fourth-order valence-corrected chi connectivity index (χ4v) is 5.62. The smallest absolute Gasteiger partial charge is 0.0497 e. The third-order valence-corrected chi connectivity index (χ3v) is 7.87. The molecule has 0 radical (unpaired) electrons. The van der Waals surface area contributed by atoms with Crippen molar-refractivity contribution in [2.45, 2.75) is 51.5 Å². The third-order valence-electron chi connectivity index (χ3n) is 7.87. The quantitative estimate of drug-likeness (QED) is 0.146. The topological polar surface area (TPSA) is 83.0 Å². The lowest BCUT2D eigenvalue weighted by Crippen LogP contribution is -2.05. The molecule has 1 aromatic heterocycles. The minimum Gasteiger partial charge on any atom is -0.340 e. The van der Waals surface area contributed by atoms with Crippen LogP contribution in [0.3, 0.4) is 0 Å². The molecule has 0 atom stereocenters. The Morgan fingerprint density at radius 2 is 0.846 bits per heavy atom. The van der Waals surface area contributed by atoms with Crippen LogP contribution in [-0.4, -0.2) is 24.2 Å². The van der Waals surface area contributed by atoms with Crippen LogP contribution in [0.1, 0.15) is 43.2 Å². The van der Waals surface area contributed by atoms with Gasteiger partial charge in [0.25, 0.3) is 0 Å². The van der Waals surface area contributed by atoms with Crippen LogP contribution < -0.4 is 17.2 Å². The molecule has 0 aliphatic heterocycles. The minimum atomic E-state index is 0.678. The Kier molecular flexibility index (Phi) is 9.10. The number of benzene rings is 4. The Hall–Kier alpha value is -3.44. The van der Waals surface area contributed by atoms with Gasteiger partial charge >= 0.3 is 0 Å².